The molecular weight excluding hydrogens is 210 g/mol. The van der Waals surface area contributed by atoms with E-state index >= 15 is 0 Å². The van der Waals surface area contributed by atoms with Crippen molar-refractivity contribution in [1.82, 2.24) is 4.98 Å². The molecule has 0 amide bonds. The van der Waals surface area contributed by atoms with Gasteiger partial charge in [0.1, 0.15) is 5.84 Å². The SMILES string of the molecule is Cc1cc2c3c(cccc3n1)N=C1CCCN12. The molecule has 0 N–H and O–H groups in total. The molecular formula is C14H13N3. The number of nitrogens with zero attached hydrogens (tertiary/aromatic N) is 3. The molecule has 0 radical (unpaired) electrons. The monoisotopic (exact) mass is 223 g/mol. The van der Waals surface area contributed by atoms with Gasteiger partial charge in [-0.15, -0.1) is 0 Å². The largest absolute Gasteiger partial charge is 0.329 e. The fourth-order valence-corrected chi connectivity index (χ4v) is 2.86. The van der Waals surface area contributed by atoms with Crippen LogP contribution in [0.5, 0.6) is 0 Å². The molecule has 17 heavy (non-hydrogen) atoms. The van der Waals surface area contributed by atoms with Gasteiger partial charge in [-0.1, -0.05) is 6.07 Å². The average molecular weight is 223 g/mol. The van der Waals surface area contributed by atoms with Gasteiger partial charge in [0.05, 0.1) is 16.9 Å². The standard InChI is InChI=1S/C14H13N3/c1-9-8-12-14-10(15-9)4-2-5-11(14)16-13-6-3-7-17(12)13/h2,4-5,8H,3,6-7H2,1H3. The maximum Gasteiger partial charge on any atom is 0.109 e. The summed E-state index contributed by atoms with van der Waals surface area (Å²) >= 11 is 0. The summed E-state index contributed by atoms with van der Waals surface area (Å²) in [6, 6.07) is 8.39. The van der Waals surface area contributed by atoms with E-state index < -0.39 is 0 Å². The number of rotatable bonds is 0. The van der Waals surface area contributed by atoms with E-state index in [-0.39, 0.29) is 0 Å². The Labute approximate surface area is 99.8 Å². The van der Waals surface area contributed by atoms with Crippen molar-refractivity contribution in [2.45, 2.75) is 19.8 Å². The van der Waals surface area contributed by atoms with Gasteiger partial charge in [0.25, 0.3) is 0 Å². The van der Waals surface area contributed by atoms with Crippen LogP contribution in [0.3, 0.4) is 0 Å². The third-order valence-corrected chi connectivity index (χ3v) is 3.55. The van der Waals surface area contributed by atoms with E-state index in [9.17, 15) is 0 Å². The van der Waals surface area contributed by atoms with Gasteiger partial charge in [0.15, 0.2) is 0 Å². The molecule has 0 bridgehead atoms. The van der Waals surface area contributed by atoms with Crippen LogP contribution in [-0.2, 0) is 0 Å². The van der Waals surface area contributed by atoms with Crippen LogP contribution in [0.2, 0.25) is 0 Å². The van der Waals surface area contributed by atoms with Crippen LogP contribution >= 0.6 is 0 Å². The minimum atomic E-state index is 1.06. The molecule has 0 aliphatic carbocycles. The molecule has 3 heteroatoms. The predicted molar refractivity (Wildman–Crippen MR) is 70.2 cm³/mol. The highest BCUT2D eigenvalue weighted by atomic mass is 15.2. The molecule has 1 aromatic heterocycles. The van der Waals surface area contributed by atoms with Gasteiger partial charge in [-0.3, -0.25) is 4.98 Å². The Morgan fingerprint density at radius 2 is 2.24 bits per heavy atom. The summed E-state index contributed by atoms with van der Waals surface area (Å²) in [4.78, 5) is 11.7. The summed E-state index contributed by atoms with van der Waals surface area (Å²) in [5.74, 6) is 1.22. The minimum absolute atomic E-state index is 1.06. The van der Waals surface area contributed by atoms with Crippen molar-refractivity contribution in [3.8, 4) is 0 Å². The molecule has 2 aromatic rings. The zero-order valence-corrected chi connectivity index (χ0v) is 9.77. The van der Waals surface area contributed by atoms with E-state index in [0.717, 1.165) is 29.9 Å². The van der Waals surface area contributed by atoms with Gasteiger partial charge in [0, 0.05) is 24.0 Å². The highest BCUT2D eigenvalue weighted by molar-refractivity contribution is 6.14. The summed E-state index contributed by atoms with van der Waals surface area (Å²) < 4.78 is 0. The summed E-state index contributed by atoms with van der Waals surface area (Å²) in [6.07, 6.45) is 2.30. The van der Waals surface area contributed by atoms with Crippen LogP contribution in [0.1, 0.15) is 18.5 Å². The summed E-state index contributed by atoms with van der Waals surface area (Å²) in [6.45, 7) is 3.15. The van der Waals surface area contributed by atoms with E-state index in [0.29, 0.717) is 0 Å². The molecule has 1 fully saturated rings. The Morgan fingerprint density at radius 3 is 3.18 bits per heavy atom. The number of hydrogen-bond donors (Lipinski definition) is 0. The van der Waals surface area contributed by atoms with Crippen LogP contribution in [-0.4, -0.2) is 17.4 Å². The van der Waals surface area contributed by atoms with Crippen LogP contribution in [0.4, 0.5) is 11.4 Å². The molecule has 3 heterocycles. The smallest absolute Gasteiger partial charge is 0.109 e. The fraction of sp³-hybridized carbons (Fsp3) is 0.286. The first-order chi connectivity index (χ1) is 8.33. The first kappa shape index (κ1) is 9.16. The Balaban J connectivity index is 2.15. The second-order valence-corrected chi connectivity index (χ2v) is 4.74. The van der Waals surface area contributed by atoms with E-state index in [1.165, 1.54) is 23.3 Å². The van der Waals surface area contributed by atoms with Crippen molar-refractivity contribution in [2.24, 2.45) is 4.99 Å². The van der Waals surface area contributed by atoms with Crippen molar-refractivity contribution < 1.29 is 0 Å². The summed E-state index contributed by atoms with van der Waals surface area (Å²) in [7, 11) is 0. The highest BCUT2D eigenvalue weighted by Crippen LogP contribution is 2.40. The second kappa shape index (κ2) is 3.06. The number of aliphatic imine (C=N–C) groups is 1. The summed E-state index contributed by atoms with van der Waals surface area (Å²) in [5.41, 5.74) is 4.52. The number of fused-ring (bicyclic) bond motifs is 2. The molecule has 2 aliphatic rings. The van der Waals surface area contributed by atoms with E-state index in [2.05, 4.69) is 35.0 Å². The maximum absolute atomic E-state index is 4.76. The Kier molecular flexibility index (Phi) is 1.65. The lowest BCUT2D eigenvalue weighted by molar-refractivity contribution is 0.957. The lowest BCUT2D eigenvalue weighted by Crippen LogP contribution is -2.26. The Bertz CT molecular complexity index is 658. The van der Waals surface area contributed by atoms with Crippen LogP contribution in [0, 0.1) is 6.92 Å². The van der Waals surface area contributed by atoms with Gasteiger partial charge < -0.3 is 4.90 Å². The first-order valence-corrected chi connectivity index (χ1v) is 6.08. The van der Waals surface area contributed by atoms with Gasteiger partial charge in [0.2, 0.25) is 0 Å². The molecule has 3 nitrogen and oxygen atoms in total. The highest BCUT2D eigenvalue weighted by Gasteiger charge is 2.26. The molecule has 84 valence electrons. The molecule has 0 unspecified atom stereocenters. The normalized spacial score (nSPS) is 17.2. The van der Waals surface area contributed by atoms with Crippen molar-refractivity contribution in [1.29, 1.82) is 0 Å². The topological polar surface area (TPSA) is 28.5 Å². The average Bonchev–Trinajstić information content (AvgIpc) is 2.77. The van der Waals surface area contributed by atoms with Crippen LogP contribution in [0.25, 0.3) is 10.9 Å². The van der Waals surface area contributed by atoms with Gasteiger partial charge >= 0.3 is 0 Å². The van der Waals surface area contributed by atoms with Gasteiger partial charge in [-0.25, -0.2) is 4.99 Å². The van der Waals surface area contributed by atoms with Gasteiger partial charge in [-0.05, 0) is 31.5 Å². The quantitative estimate of drug-likeness (QED) is 0.686. The van der Waals surface area contributed by atoms with Crippen molar-refractivity contribution in [3.05, 3.63) is 30.0 Å². The van der Waals surface area contributed by atoms with Crippen LogP contribution in [0.15, 0.2) is 29.3 Å². The molecule has 1 saturated heterocycles. The number of hydrogen-bond acceptors (Lipinski definition) is 3. The predicted octanol–water partition coefficient (Wildman–Crippen LogP) is 3.19. The van der Waals surface area contributed by atoms with E-state index in [1.54, 1.807) is 0 Å². The van der Waals surface area contributed by atoms with Crippen molar-refractivity contribution in [3.63, 3.8) is 0 Å². The number of aromatic nitrogens is 1. The second-order valence-electron chi connectivity index (χ2n) is 4.74. The zero-order chi connectivity index (χ0) is 11.4. The Hall–Kier alpha value is -1.90. The number of aryl methyl sites for hydroxylation is 1. The molecule has 0 saturated carbocycles. The third-order valence-electron chi connectivity index (χ3n) is 3.55. The number of pyridine rings is 1. The van der Waals surface area contributed by atoms with Crippen molar-refractivity contribution >= 4 is 28.1 Å². The Morgan fingerprint density at radius 1 is 1.29 bits per heavy atom. The molecule has 2 aliphatic heterocycles. The lowest BCUT2D eigenvalue weighted by atomic mass is 10.1. The third kappa shape index (κ3) is 1.16. The first-order valence-electron chi connectivity index (χ1n) is 6.08. The molecule has 0 spiro atoms. The van der Waals surface area contributed by atoms with Gasteiger partial charge in [-0.2, -0.15) is 0 Å². The molecule has 0 atom stereocenters. The lowest BCUT2D eigenvalue weighted by Gasteiger charge is -2.25. The fourth-order valence-electron chi connectivity index (χ4n) is 2.86. The minimum Gasteiger partial charge on any atom is -0.329 e. The zero-order valence-electron chi connectivity index (χ0n) is 9.77. The van der Waals surface area contributed by atoms with E-state index in [1.807, 2.05) is 6.07 Å². The number of anilines is 1. The number of amidine groups is 1. The van der Waals surface area contributed by atoms with E-state index in [4.69, 9.17) is 4.99 Å². The van der Waals surface area contributed by atoms with Crippen molar-refractivity contribution in [2.75, 3.05) is 11.4 Å². The summed E-state index contributed by atoms with van der Waals surface area (Å²) in [5, 5.41) is 1.21. The van der Waals surface area contributed by atoms with Crippen LogP contribution < -0.4 is 4.90 Å². The number of benzene rings is 1. The molecule has 4 rings (SSSR count). The molecule has 1 aromatic carbocycles. The maximum atomic E-state index is 4.76.